The molecule has 0 N–H and O–H groups in total. The predicted octanol–water partition coefficient (Wildman–Crippen LogP) is 6.86. The van der Waals surface area contributed by atoms with Gasteiger partial charge in [-0.15, -0.1) is 0 Å². The second-order valence-corrected chi connectivity index (χ2v) is 9.48. The van der Waals surface area contributed by atoms with Crippen LogP contribution < -0.4 is 4.74 Å². The Kier molecular flexibility index (Phi) is 10.0. The average molecular weight is 641 g/mol. The SMILES string of the molecule is CCN(Cc1cc(C(F)(F)F)ccc1-c1cc(CC(=O)OC)ccc1OC)C(=O)OCc1ccccc1I. The molecule has 0 aliphatic carbocycles. The molecule has 0 bridgehead atoms. The van der Waals surface area contributed by atoms with E-state index in [4.69, 9.17) is 14.2 Å². The second kappa shape index (κ2) is 13.0. The standard InChI is InChI=1S/C28H27F3INO5/c1-4-33(27(35)38-17-19-7-5-6-8-24(19)32)16-20-15-21(28(29,30)31)10-11-22(20)23-13-18(14-26(34)37-3)9-12-25(23)36-2/h5-13,15H,4,14,16-17H2,1-3H3. The number of halogens is 4. The van der Waals surface area contributed by atoms with Gasteiger partial charge in [0.05, 0.1) is 26.2 Å². The van der Waals surface area contributed by atoms with Crippen LogP contribution in [0.1, 0.15) is 29.2 Å². The third-order valence-corrected chi connectivity index (χ3v) is 6.93. The van der Waals surface area contributed by atoms with E-state index in [1.54, 1.807) is 25.1 Å². The average Bonchev–Trinajstić information content (AvgIpc) is 2.90. The maximum Gasteiger partial charge on any atom is 0.416 e. The molecule has 38 heavy (non-hydrogen) atoms. The van der Waals surface area contributed by atoms with Gasteiger partial charge in [-0.05, 0) is 76.5 Å². The van der Waals surface area contributed by atoms with Gasteiger partial charge in [-0.1, -0.05) is 30.3 Å². The Balaban J connectivity index is 1.99. The van der Waals surface area contributed by atoms with Crippen molar-refractivity contribution in [3.63, 3.8) is 0 Å². The smallest absolute Gasteiger partial charge is 0.416 e. The molecule has 0 aliphatic heterocycles. The Morgan fingerprint density at radius 3 is 2.32 bits per heavy atom. The summed E-state index contributed by atoms with van der Waals surface area (Å²) in [7, 11) is 2.72. The molecule has 0 fully saturated rings. The first kappa shape index (κ1) is 29.3. The lowest BCUT2D eigenvalue weighted by Gasteiger charge is -2.24. The third-order valence-electron chi connectivity index (χ3n) is 5.87. The van der Waals surface area contributed by atoms with Gasteiger partial charge >= 0.3 is 18.2 Å². The maximum absolute atomic E-state index is 13.6. The number of hydrogen-bond donors (Lipinski definition) is 0. The monoisotopic (exact) mass is 641 g/mol. The van der Waals surface area contributed by atoms with Crippen LogP contribution in [0.15, 0.2) is 60.7 Å². The molecular formula is C28H27F3INO5. The van der Waals surface area contributed by atoms with E-state index < -0.39 is 23.8 Å². The molecule has 3 aromatic rings. The molecule has 0 radical (unpaired) electrons. The molecule has 0 unspecified atom stereocenters. The first-order valence-corrected chi connectivity index (χ1v) is 12.7. The molecule has 0 spiro atoms. The predicted molar refractivity (Wildman–Crippen MR) is 145 cm³/mol. The summed E-state index contributed by atoms with van der Waals surface area (Å²) in [5, 5.41) is 0. The minimum Gasteiger partial charge on any atom is -0.496 e. The highest BCUT2D eigenvalue weighted by Gasteiger charge is 2.32. The topological polar surface area (TPSA) is 65.1 Å². The molecule has 1 amide bonds. The molecule has 10 heteroatoms. The Labute approximate surface area is 232 Å². The quantitative estimate of drug-likeness (QED) is 0.189. The molecular weight excluding hydrogens is 614 g/mol. The fraction of sp³-hybridized carbons (Fsp3) is 0.286. The number of methoxy groups -OCH3 is 2. The summed E-state index contributed by atoms with van der Waals surface area (Å²) < 4.78 is 57.5. The highest BCUT2D eigenvalue weighted by molar-refractivity contribution is 14.1. The molecule has 0 saturated heterocycles. The Hall–Kier alpha value is -3.28. The van der Waals surface area contributed by atoms with Crippen molar-refractivity contribution >= 4 is 34.7 Å². The zero-order valence-electron chi connectivity index (χ0n) is 21.1. The number of carbonyl (C=O) groups excluding carboxylic acids is 2. The van der Waals surface area contributed by atoms with Gasteiger partial charge < -0.3 is 19.1 Å². The van der Waals surface area contributed by atoms with Crippen LogP contribution in [0.25, 0.3) is 11.1 Å². The van der Waals surface area contributed by atoms with Gasteiger partial charge in [-0.2, -0.15) is 13.2 Å². The number of esters is 1. The summed E-state index contributed by atoms with van der Waals surface area (Å²) in [5.74, 6) is -0.0503. The van der Waals surface area contributed by atoms with E-state index in [1.165, 1.54) is 25.2 Å². The van der Waals surface area contributed by atoms with Gasteiger partial charge in [-0.3, -0.25) is 4.79 Å². The molecule has 0 heterocycles. The number of nitrogens with zero attached hydrogens (tertiary/aromatic N) is 1. The molecule has 3 rings (SSSR count). The van der Waals surface area contributed by atoms with Gasteiger partial charge in [-0.25, -0.2) is 4.79 Å². The molecule has 0 aromatic heterocycles. The number of rotatable bonds is 9. The Bertz CT molecular complexity index is 1300. The van der Waals surface area contributed by atoms with Gasteiger partial charge in [0.2, 0.25) is 0 Å². The molecule has 0 saturated carbocycles. The van der Waals surface area contributed by atoms with Crippen molar-refractivity contribution in [2.45, 2.75) is 32.7 Å². The number of alkyl halides is 3. The molecule has 0 atom stereocenters. The van der Waals surface area contributed by atoms with Crippen LogP contribution in [0.2, 0.25) is 0 Å². The van der Waals surface area contributed by atoms with E-state index in [-0.39, 0.29) is 31.7 Å². The van der Waals surface area contributed by atoms with E-state index in [1.807, 2.05) is 24.3 Å². The van der Waals surface area contributed by atoms with E-state index in [9.17, 15) is 22.8 Å². The minimum absolute atomic E-state index is 0.0187. The number of carbonyl (C=O) groups is 2. The molecule has 6 nitrogen and oxygen atoms in total. The van der Waals surface area contributed by atoms with Crippen LogP contribution in [0.3, 0.4) is 0 Å². The Morgan fingerprint density at radius 2 is 1.68 bits per heavy atom. The van der Waals surface area contributed by atoms with Crippen LogP contribution in [0.5, 0.6) is 5.75 Å². The fourth-order valence-corrected chi connectivity index (χ4v) is 4.38. The summed E-state index contributed by atoms with van der Waals surface area (Å²) >= 11 is 2.14. The lowest BCUT2D eigenvalue weighted by molar-refractivity contribution is -0.140. The summed E-state index contributed by atoms with van der Waals surface area (Å²) in [6.07, 6.45) is -5.25. The first-order valence-electron chi connectivity index (χ1n) is 11.7. The van der Waals surface area contributed by atoms with Crippen LogP contribution in [0.4, 0.5) is 18.0 Å². The van der Waals surface area contributed by atoms with Crippen LogP contribution in [-0.2, 0) is 40.0 Å². The van der Waals surface area contributed by atoms with Crippen molar-refractivity contribution in [1.29, 1.82) is 0 Å². The molecule has 202 valence electrons. The highest BCUT2D eigenvalue weighted by atomic mass is 127. The highest BCUT2D eigenvalue weighted by Crippen LogP contribution is 2.38. The van der Waals surface area contributed by atoms with Crippen LogP contribution >= 0.6 is 22.6 Å². The molecule has 3 aromatic carbocycles. The normalized spacial score (nSPS) is 11.1. The zero-order valence-corrected chi connectivity index (χ0v) is 23.3. The summed E-state index contributed by atoms with van der Waals surface area (Å²) in [5.41, 5.74) is 1.75. The van der Waals surface area contributed by atoms with Gasteiger partial charge in [0.1, 0.15) is 12.4 Å². The van der Waals surface area contributed by atoms with E-state index in [0.29, 0.717) is 22.4 Å². The van der Waals surface area contributed by atoms with Crippen molar-refractivity contribution in [3.8, 4) is 16.9 Å². The zero-order chi connectivity index (χ0) is 27.9. The van der Waals surface area contributed by atoms with E-state index in [2.05, 4.69) is 22.6 Å². The minimum atomic E-state index is -4.58. The van der Waals surface area contributed by atoms with Crippen LogP contribution in [0, 0.1) is 3.57 Å². The lowest BCUT2D eigenvalue weighted by Crippen LogP contribution is -2.31. The summed E-state index contributed by atoms with van der Waals surface area (Å²) in [6, 6.07) is 15.8. The van der Waals surface area contributed by atoms with Crippen molar-refractivity contribution in [3.05, 3.63) is 86.5 Å². The van der Waals surface area contributed by atoms with Gasteiger partial charge in [0.25, 0.3) is 0 Å². The summed E-state index contributed by atoms with van der Waals surface area (Å²) in [4.78, 5) is 26.1. The van der Waals surface area contributed by atoms with Crippen molar-refractivity contribution in [2.24, 2.45) is 0 Å². The van der Waals surface area contributed by atoms with Crippen molar-refractivity contribution < 1.29 is 37.0 Å². The van der Waals surface area contributed by atoms with E-state index in [0.717, 1.165) is 21.3 Å². The van der Waals surface area contributed by atoms with Gasteiger partial charge in [0, 0.05) is 27.8 Å². The Morgan fingerprint density at radius 1 is 0.947 bits per heavy atom. The summed E-state index contributed by atoms with van der Waals surface area (Å²) in [6.45, 7) is 1.83. The van der Waals surface area contributed by atoms with Crippen molar-refractivity contribution in [2.75, 3.05) is 20.8 Å². The largest absolute Gasteiger partial charge is 0.496 e. The van der Waals surface area contributed by atoms with Gasteiger partial charge in [0.15, 0.2) is 0 Å². The number of hydrogen-bond acceptors (Lipinski definition) is 5. The maximum atomic E-state index is 13.6. The molecule has 0 aliphatic rings. The number of ether oxygens (including phenoxy) is 3. The third kappa shape index (κ3) is 7.40. The second-order valence-electron chi connectivity index (χ2n) is 8.32. The number of amides is 1. The van der Waals surface area contributed by atoms with E-state index >= 15 is 0 Å². The fourth-order valence-electron chi connectivity index (χ4n) is 3.84. The van der Waals surface area contributed by atoms with Crippen LogP contribution in [-0.4, -0.2) is 37.7 Å². The first-order chi connectivity index (χ1) is 18.1. The van der Waals surface area contributed by atoms with Crippen molar-refractivity contribution in [1.82, 2.24) is 4.90 Å². The lowest BCUT2D eigenvalue weighted by atomic mass is 9.94. The number of benzene rings is 3.